The number of amides is 1. The molecular weight excluding hydrogens is 383 g/mol. The summed E-state index contributed by atoms with van der Waals surface area (Å²) in [4.78, 5) is 24.4. The largest absolute Gasteiger partial charge is 0.464 e. The van der Waals surface area contributed by atoms with Crippen LogP contribution in [0.5, 0.6) is 5.75 Å². The summed E-state index contributed by atoms with van der Waals surface area (Å²) in [5.41, 5.74) is 1.71. The molecule has 0 unspecified atom stereocenters. The summed E-state index contributed by atoms with van der Waals surface area (Å²) >= 11 is 0. The van der Waals surface area contributed by atoms with Crippen molar-refractivity contribution in [2.24, 2.45) is 7.05 Å². The van der Waals surface area contributed by atoms with Gasteiger partial charge in [0.15, 0.2) is 12.4 Å². The average Bonchev–Trinajstić information content (AvgIpc) is 3.27. The third-order valence-electron chi connectivity index (χ3n) is 4.42. The summed E-state index contributed by atoms with van der Waals surface area (Å²) in [6, 6.07) is 4.45. The van der Waals surface area contributed by atoms with E-state index in [2.05, 4.69) is 10.2 Å². The smallest absolute Gasteiger partial charge is 0.311 e. The van der Waals surface area contributed by atoms with Gasteiger partial charge in [-0.3, -0.25) is 19.6 Å². The van der Waals surface area contributed by atoms with Crippen LogP contribution in [0.1, 0.15) is 21.7 Å². The lowest BCUT2D eigenvalue weighted by atomic mass is 10.2. The van der Waals surface area contributed by atoms with Gasteiger partial charge in [0, 0.05) is 50.2 Å². The Morgan fingerprint density at radius 2 is 2.14 bits per heavy atom. The molecule has 0 spiro atoms. The van der Waals surface area contributed by atoms with E-state index in [9.17, 15) is 19.3 Å². The molecule has 11 heteroatoms. The lowest BCUT2D eigenvalue weighted by Crippen LogP contribution is -2.27. The minimum absolute atomic E-state index is 0.186. The number of carbonyl (C=O) groups is 1. The molecule has 152 valence electrons. The Balaban J connectivity index is 1.66. The molecule has 1 amide bonds. The monoisotopic (exact) mass is 402 g/mol. The number of ether oxygens (including phenoxy) is 1. The van der Waals surface area contributed by atoms with Crippen LogP contribution in [0, 0.1) is 22.9 Å². The van der Waals surface area contributed by atoms with Gasteiger partial charge in [0.25, 0.3) is 5.91 Å². The Hall–Kier alpha value is -3.76. The molecule has 0 saturated heterocycles. The van der Waals surface area contributed by atoms with E-state index in [1.807, 2.05) is 14.0 Å². The number of nitro groups is 1. The van der Waals surface area contributed by atoms with Crippen LogP contribution in [-0.4, -0.2) is 42.3 Å². The van der Waals surface area contributed by atoms with Crippen LogP contribution in [0.4, 0.5) is 10.1 Å². The fourth-order valence-corrected chi connectivity index (χ4v) is 2.66. The molecule has 1 aromatic carbocycles. The number of halogens is 1. The highest BCUT2D eigenvalue weighted by Crippen LogP contribution is 2.27. The first-order chi connectivity index (χ1) is 13.8. The van der Waals surface area contributed by atoms with Crippen LogP contribution in [0.3, 0.4) is 0 Å². The van der Waals surface area contributed by atoms with Crippen molar-refractivity contribution in [2.45, 2.75) is 20.2 Å². The van der Waals surface area contributed by atoms with E-state index >= 15 is 0 Å². The van der Waals surface area contributed by atoms with Gasteiger partial charge in [-0.05, 0) is 19.1 Å². The second-order valence-corrected chi connectivity index (χ2v) is 6.42. The van der Waals surface area contributed by atoms with Crippen LogP contribution < -0.4 is 4.74 Å². The Labute approximate surface area is 165 Å². The van der Waals surface area contributed by atoms with Crippen molar-refractivity contribution in [1.82, 2.24) is 24.5 Å². The van der Waals surface area contributed by atoms with Crippen molar-refractivity contribution < 1.29 is 18.8 Å². The van der Waals surface area contributed by atoms with Crippen molar-refractivity contribution >= 4 is 11.6 Å². The summed E-state index contributed by atoms with van der Waals surface area (Å²) in [5, 5.41) is 19.3. The number of carbonyl (C=O) groups excluding carboxylic acids is 1. The molecule has 0 aliphatic heterocycles. The van der Waals surface area contributed by atoms with Gasteiger partial charge in [0.2, 0.25) is 5.75 Å². The summed E-state index contributed by atoms with van der Waals surface area (Å²) in [6.07, 6.45) is 3.21. The molecule has 0 aliphatic carbocycles. The molecule has 0 radical (unpaired) electrons. The van der Waals surface area contributed by atoms with Gasteiger partial charge in [-0.25, -0.2) is 9.07 Å². The number of aryl methyl sites for hydroxylation is 1. The van der Waals surface area contributed by atoms with Crippen LogP contribution in [0.15, 0.2) is 36.7 Å². The second kappa shape index (κ2) is 8.09. The number of nitrogens with zero attached hydrogens (tertiary/aromatic N) is 6. The van der Waals surface area contributed by atoms with Gasteiger partial charge < -0.3 is 9.64 Å². The summed E-state index contributed by atoms with van der Waals surface area (Å²) in [5.74, 6) is -1.18. The van der Waals surface area contributed by atoms with Gasteiger partial charge >= 0.3 is 5.69 Å². The Bertz CT molecular complexity index is 1060. The molecule has 3 aromatic rings. The highest BCUT2D eigenvalue weighted by molar-refractivity contribution is 5.91. The zero-order chi connectivity index (χ0) is 21.1. The van der Waals surface area contributed by atoms with Gasteiger partial charge in [-0.15, -0.1) is 0 Å². The van der Waals surface area contributed by atoms with Crippen molar-refractivity contribution in [3.8, 4) is 5.75 Å². The van der Waals surface area contributed by atoms with Crippen LogP contribution >= 0.6 is 0 Å². The molecular formula is C18H19FN6O4. The molecule has 2 heterocycles. The van der Waals surface area contributed by atoms with E-state index in [1.54, 1.807) is 17.9 Å². The van der Waals surface area contributed by atoms with Gasteiger partial charge in [-0.2, -0.15) is 10.2 Å². The SMILES string of the molecule is Cc1c(CN(C)C(=O)c2ccn(COc3cc(F)ccc3[N+](=O)[O-])n2)cnn1C. The van der Waals surface area contributed by atoms with Gasteiger partial charge in [0.05, 0.1) is 11.1 Å². The van der Waals surface area contributed by atoms with Crippen molar-refractivity contribution in [2.75, 3.05) is 7.05 Å². The number of benzene rings is 1. The highest BCUT2D eigenvalue weighted by atomic mass is 19.1. The molecule has 29 heavy (non-hydrogen) atoms. The van der Waals surface area contributed by atoms with Crippen LogP contribution in [-0.2, 0) is 20.3 Å². The lowest BCUT2D eigenvalue weighted by molar-refractivity contribution is -0.386. The summed E-state index contributed by atoms with van der Waals surface area (Å²) in [7, 11) is 3.48. The molecule has 10 nitrogen and oxygen atoms in total. The molecule has 2 aromatic heterocycles. The minimum atomic E-state index is -0.664. The zero-order valence-corrected chi connectivity index (χ0v) is 16.1. The topological polar surface area (TPSA) is 108 Å². The Kier molecular flexibility index (Phi) is 5.57. The van der Waals surface area contributed by atoms with E-state index in [1.165, 1.54) is 21.8 Å². The third-order valence-corrected chi connectivity index (χ3v) is 4.42. The Morgan fingerprint density at radius 3 is 2.79 bits per heavy atom. The van der Waals surface area contributed by atoms with E-state index in [0.29, 0.717) is 6.54 Å². The second-order valence-electron chi connectivity index (χ2n) is 6.42. The standard InChI is InChI=1S/C18H19FN6O4/c1-12-13(9-20-23(12)3)10-22(2)18(26)15-6-7-24(21-15)11-29-17-8-14(19)4-5-16(17)25(27)28/h4-9H,10-11H2,1-3H3. The first kappa shape index (κ1) is 20.0. The molecule has 3 rings (SSSR count). The minimum Gasteiger partial charge on any atom is -0.464 e. The Morgan fingerprint density at radius 1 is 1.38 bits per heavy atom. The molecule has 0 atom stereocenters. The predicted molar refractivity (Wildman–Crippen MR) is 99.7 cm³/mol. The summed E-state index contributed by atoms with van der Waals surface area (Å²) < 4.78 is 21.7. The van der Waals surface area contributed by atoms with Crippen molar-refractivity contribution in [3.63, 3.8) is 0 Å². The number of rotatable bonds is 7. The molecule has 0 bridgehead atoms. The fraction of sp³-hybridized carbons (Fsp3) is 0.278. The van der Waals surface area contributed by atoms with E-state index in [-0.39, 0.29) is 29.8 Å². The molecule has 0 aliphatic rings. The number of aromatic nitrogens is 4. The lowest BCUT2D eigenvalue weighted by Gasteiger charge is -2.15. The van der Waals surface area contributed by atoms with E-state index < -0.39 is 10.7 Å². The normalized spacial score (nSPS) is 10.8. The number of nitro benzene ring substituents is 1. The van der Waals surface area contributed by atoms with Gasteiger partial charge in [-0.1, -0.05) is 0 Å². The molecule has 0 N–H and O–H groups in total. The average molecular weight is 402 g/mol. The zero-order valence-electron chi connectivity index (χ0n) is 16.1. The van der Waals surface area contributed by atoms with E-state index in [0.717, 1.165) is 29.5 Å². The third kappa shape index (κ3) is 4.39. The van der Waals surface area contributed by atoms with Crippen LogP contribution in [0.25, 0.3) is 0 Å². The first-order valence-electron chi connectivity index (χ1n) is 8.59. The molecule has 0 saturated carbocycles. The van der Waals surface area contributed by atoms with Gasteiger partial charge in [0.1, 0.15) is 5.82 Å². The highest BCUT2D eigenvalue weighted by Gasteiger charge is 2.19. The number of hydrogen-bond acceptors (Lipinski definition) is 6. The number of hydrogen-bond donors (Lipinski definition) is 0. The maximum Gasteiger partial charge on any atom is 0.311 e. The fourth-order valence-electron chi connectivity index (χ4n) is 2.66. The summed E-state index contributed by atoms with van der Waals surface area (Å²) in [6.45, 7) is 2.07. The van der Waals surface area contributed by atoms with Crippen molar-refractivity contribution in [1.29, 1.82) is 0 Å². The first-order valence-corrected chi connectivity index (χ1v) is 8.59. The maximum absolute atomic E-state index is 13.4. The molecule has 0 fully saturated rings. The maximum atomic E-state index is 13.4. The van der Waals surface area contributed by atoms with Crippen molar-refractivity contribution in [3.05, 3.63) is 69.5 Å². The van der Waals surface area contributed by atoms with E-state index in [4.69, 9.17) is 4.74 Å². The quantitative estimate of drug-likeness (QED) is 0.443. The predicted octanol–water partition coefficient (Wildman–Crippen LogP) is 2.28. The van der Waals surface area contributed by atoms with Crippen LogP contribution in [0.2, 0.25) is 0 Å².